The highest BCUT2D eigenvalue weighted by Crippen LogP contribution is 2.22. The minimum absolute atomic E-state index is 0.121. The third-order valence-electron chi connectivity index (χ3n) is 1.90. The van der Waals surface area contributed by atoms with Gasteiger partial charge in [-0.15, -0.1) is 11.8 Å². The highest BCUT2D eigenvalue weighted by molar-refractivity contribution is 7.99. The smallest absolute Gasteiger partial charge is 0.105 e. The van der Waals surface area contributed by atoms with Gasteiger partial charge in [0.05, 0.1) is 6.07 Å². The SMILES string of the molecule is CC(C)NC(C#N)CSc1cccc(Cl)c1. The third kappa shape index (κ3) is 4.89. The van der Waals surface area contributed by atoms with E-state index in [1.807, 2.05) is 38.1 Å². The lowest BCUT2D eigenvalue weighted by Gasteiger charge is -2.13. The fourth-order valence-electron chi connectivity index (χ4n) is 1.26. The first kappa shape index (κ1) is 13.4. The number of nitrogens with one attached hydrogen (secondary N) is 1. The van der Waals surface area contributed by atoms with E-state index in [9.17, 15) is 0 Å². The summed E-state index contributed by atoms with van der Waals surface area (Å²) in [5.74, 6) is 0.731. The van der Waals surface area contributed by atoms with Gasteiger partial charge < -0.3 is 0 Å². The molecule has 1 aromatic rings. The Morgan fingerprint density at radius 1 is 1.50 bits per heavy atom. The molecular weight excluding hydrogens is 240 g/mol. The van der Waals surface area contributed by atoms with Crippen molar-refractivity contribution in [1.82, 2.24) is 5.32 Å². The summed E-state index contributed by atoms with van der Waals surface area (Å²) in [5.41, 5.74) is 0. The number of rotatable bonds is 5. The minimum Gasteiger partial charge on any atom is -0.299 e. The van der Waals surface area contributed by atoms with Gasteiger partial charge in [-0.2, -0.15) is 5.26 Å². The van der Waals surface area contributed by atoms with Crippen LogP contribution in [0.1, 0.15) is 13.8 Å². The maximum atomic E-state index is 8.96. The van der Waals surface area contributed by atoms with E-state index < -0.39 is 0 Å². The predicted molar refractivity (Wildman–Crippen MR) is 69.8 cm³/mol. The molecule has 16 heavy (non-hydrogen) atoms. The first-order valence-corrected chi connectivity index (χ1v) is 6.52. The van der Waals surface area contributed by atoms with Crippen molar-refractivity contribution in [2.75, 3.05) is 5.75 Å². The summed E-state index contributed by atoms with van der Waals surface area (Å²) >= 11 is 7.52. The van der Waals surface area contributed by atoms with Crippen LogP contribution in [0.4, 0.5) is 0 Å². The second-order valence-corrected chi connectivity index (χ2v) is 5.30. The topological polar surface area (TPSA) is 35.8 Å². The van der Waals surface area contributed by atoms with Crippen molar-refractivity contribution < 1.29 is 0 Å². The Labute approximate surface area is 106 Å². The van der Waals surface area contributed by atoms with Crippen LogP contribution in [0.5, 0.6) is 0 Å². The summed E-state index contributed by atoms with van der Waals surface area (Å²) < 4.78 is 0. The van der Waals surface area contributed by atoms with Crippen LogP contribution in [0.15, 0.2) is 29.2 Å². The number of hydrogen-bond acceptors (Lipinski definition) is 3. The molecule has 2 nitrogen and oxygen atoms in total. The molecule has 0 aliphatic heterocycles. The molecule has 0 saturated heterocycles. The van der Waals surface area contributed by atoms with Crippen LogP contribution >= 0.6 is 23.4 Å². The molecule has 1 N–H and O–H groups in total. The van der Waals surface area contributed by atoms with Crippen molar-refractivity contribution in [2.45, 2.75) is 30.8 Å². The fraction of sp³-hybridized carbons (Fsp3) is 0.417. The molecule has 0 aliphatic rings. The van der Waals surface area contributed by atoms with Crippen molar-refractivity contribution in [1.29, 1.82) is 5.26 Å². The van der Waals surface area contributed by atoms with Crippen LogP contribution in [0, 0.1) is 11.3 Å². The molecule has 86 valence electrons. The summed E-state index contributed by atoms with van der Waals surface area (Å²) in [5, 5.41) is 12.9. The molecular formula is C12H15ClN2S. The van der Waals surface area contributed by atoms with Crippen LogP contribution in [0.25, 0.3) is 0 Å². The van der Waals surface area contributed by atoms with E-state index >= 15 is 0 Å². The highest BCUT2D eigenvalue weighted by Gasteiger charge is 2.08. The van der Waals surface area contributed by atoms with Crippen molar-refractivity contribution in [3.8, 4) is 6.07 Å². The van der Waals surface area contributed by atoms with E-state index in [2.05, 4.69) is 11.4 Å². The maximum Gasteiger partial charge on any atom is 0.105 e. The quantitative estimate of drug-likeness (QED) is 0.819. The fourth-order valence-corrected chi connectivity index (χ4v) is 2.43. The molecule has 0 aliphatic carbocycles. The van der Waals surface area contributed by atoms with E-state index in [0.29, 0.717) is 6.04 Å². The van der Waals surface area contributed by atoms with E-state index in [4.69, 9.17) is 16.9 Å². The maximum absolute atomic E-state index is 8.96. The summed E-state index contributed by atoms with van der Waals surface area (Å²) in [6.07, 6.45) is 0. The number of nitrogens with zero attached hydrogens (tertiary/aromatic N) is 1. The van der Waals surface area contributed by atoms with Crippen LogP contribution in [0.3, 0.4) is 0 Å². The number of nitriles is 1. The van der Waals surface area contributed by atoms with Crippen LogP contribution in [-0.4, -0.2) is 17.8 Å². The van der Waals surface area contributed by atoms with Gasteiger partial charge >= 0.3 is 0 Å². The molecule has 0 amide bonds. The number of hydrogen-bond donors (Lipinski definition) is 1. The van der Waals surface area contributed by atoms with Crippen LogP contribution in [0.2, 0.25) is 5.02 Å². The van der Waals surface area contributed by atoms with Crippen LogP contribution in [-0.2, 0) is 0 Å². The van der Waals surface area contributed by atoms with Gasteiger partial charge in [0.15, 0.2) is 0 Å². The second-order valence-electron chi connectivity index (χ2n) is 3.77. The Morgan fingerprint density at radius 2 is 2.25 bits per heavy atom. The predicted octanol–water partition coefficient (Wildman–Crippen LogP) is 3.32. The average Bonchev–Trinajstić information content (AvgIpc) is 2.24. The second kappa shape index (κ2) is 6.80. The number of thioether (sulfide) groups is 1. The van der Waals surface area contributed by atoms with Crippen molar-refractivity contribution in [3.05, 3.63) is 29.3 Å². The van der Waals surface area contributed by atoms with Crippen molar-refractivity contribution in [2.24, 2.45) is 0 Å². The molecule has 0 spiro atoms. The zero-order valence-electron chi connectivity index (χ0n) is 9.40. The monoisotopic (exact) mass is 254 g/mol. The van der Waals surface area contributed by atoms with Gasteiger partial charge in [0.25, 0.3) is 0 Å². The Kier molecular flexibility index (Phi) is 5.68. The molecule has 0 aromatic heterocycles. The molecule has 1 rings (SSSR count). The molecule has 1 unspecified atom stereocenters. The molecule has 0 radical (unpaired) electrons. The summed E-state index contributed by atoms with van der Waals surface area (Å²) in [4.78, 5) is 1.10. The van der Waals surface area contributed by atoms with Crippen molar-refractivity contribution in [3.63, 3.8) is 0 Å². The van der Waals surface area contributed by atoms with Gasteiger partial charge in [-0.05, 0) is 32.0 Å². The molecule has 4 heteroatoms. The zero-order valence-corrected chi connectivity index (χ0v) is 11.0. The lowest BCUT2D eigenvalue weighted by Crippen LogP contribution is -2.35. The van der Waals surface area contributed by atoms with Gasteiger partial charge in [0.1, 0.15) is 6.04 Å². The Hall–Kier alpha value is -0.690. The first-order valence-electron chi connectivity index (χ1n) is 5.16. The molecule has 0 fully saturated rings. The standard InChI is InChI=1S/C12H15ClN2S/c1-9(2)15-11(7-14)8-16-12-5-3-4-10(13)6-12/h3-6,9,11,15H,8H2,1-2H3. The molecule has 0 bridgehead atoms. The lowest BCUT2D eigenvalue weighted by atomic mass is 10.3. The van der Waals surface area contributed by atoms with Crippen LogP contribution < -0.4 is 5.32 Å². The summed E-state index contributed by atoms with van der Waals surface area (Å²) in [6.45, 7) is 4.07. The van der Waals surface area contributed by atoms with Gasteiger partial charge in [-0.25, -0.2) is 0 Å². The lowest BCUT2D eigenvalue weighted by molar-refractivity contribution is 0.560. The van der Waals surface area contributed by atoms with E-state index in [1.165, 1.54) is 0 Å². The zero-order chi connectivity index (χ0) is 12.0. The largest absolute Gasteiger partial charge is 0.299 e. The van der Waals surface area contributed by atoms with Gasteiger partial charge in [-0.3, -0.25) is 5.32 Å². The molecule has 1 aromatic carbocycles. The summed E-state index contributed by atoms with van der Waals surface area (Å²) in [6, 6.07) is 10.1. The van der Waals surface area contributed by atoms with Gasteiger partial charge in [0.2, 0.25) is 0 Å². The number of halogens is 1. The average molecular weight is 255 g/mol. The van der Waals surface area contributed by atoms with E-state index in [1.54, 1.807) is 11.8 Å². The Bertz CT molecular complexity index is 374. The third-order valence-corrected chi connectivity index (χ3v) is 3.23. The first-order chi connectivity index (χ1) is 7.61. The van der Waals surface area contributed by atoms with Gasteiger partial charge in [0, 0.05) is 21.7 Å². The number of benzene rings is 1. The molecule has 0 saturated carbocycles. The highest BCUT2D eigenvalue weighted by atomic mass is 35.5. The van der Waals surface area contributed by atoms with Gasteiger partial charge in [-0.1, -0.05) is 17.7 Å². The Morgan fingerprint density at radius 3 is 2.81 bits per heavy atom. The van der Waals surface area contributed by atoms with E-state index in [0.717, 1.165) is 15.7 Å². The summed E-state index contributed by atoms with van der Waals surface area (Å²) in [7, 11) is 0. The Balaban J connectivity index is 2.47. The molecule has 1 atom stereocenters. The minimum atomic E-state index is -0.121. The normalized spacial score (nSPS) is 12.4. The van der Waals surface area contributed by atoms with E-state index in [-0.39, 0.29) is 6.04 Å². The molecule has 0 heterocycles. The van der Waals surface area contributed by atoms with Crippen molar-refractivity contribution >= 4 is 23.4 Å².